The lowest BCUT2D eigenvalue weighted by atomic mass is 9.82. The van der Waals surface area contributed by atoms with Gasteiger partial charge in [0.15, 0.2) is 6.61 Å². The minimum absolute atomic E-state index is 0.0908. The van der Waals surface area contributed by atoms with E-state index in [9.17, 15) is 42.3 Å². The number of fused-ring (bicyclic) bond motifs is 2. The summed E-state index contributed by atoms with van der Waals surface area (Å²) in [6.45, 7) is -1.44. The molecule has 10 nitrogen and oxygen atoms in total. The lowest BCUT2D eigenvalue weighted by Gasteiger charge is -2.31. The Bertz CT molecular complexity index is 1640. The summed E-state index contributed by atoms with van der Waals surface area (Å²) >= 11 is 5.17. The minimum Gasteiger partial charge on any atom is -0.483 e. The van der Waals surface area contributed by atoms with Gasteiger partial charge in [0.1, 0.15) is 17.5 Å². The summed E-state index contributed by atoms with van der Waals surface area (Å²) in [7, 11) is 0. The summed E-state index contributed by atoms with van der Waals surface area (Å²) in [5, 5.41) is 10.9. The van der Waals surface area contributed by atoms with Crippen LogP contribution in [0.15, 0.2) is 56.8 Å². The monoisotopic (exact) mass is 671 g/mol. The average molecular weight is 672 g/mol. The molecule has 0 aliphatic carbocycles. The van der Waals surface area contributed by atoms with Crippen LogP contribution in [0, 0.1) is 5.92 Å². The maximum atomic E-state index is 13.4. The number of carbonyl (C=O) groups is 4. The number of carboxylic acids is 1. The molecule has 1 saturated heterocycles. The molecule has 3 atom stereocenters. The van der Waals surface area contributed by atoms with E-state index >= 15 is 0 Å². The number of likely N-dealkylation sites (tertiary alicyclic amines) is 1. The standard InChI is InChI=1S/C25H17BrF3N3O7S2/c26-11-4-5-14(39-9-15(33)30-12-3-1-2-10(6-12)25(27,28)29)13(7-11)17-18-20(40-21-19(17)41-24(38)31-21)23(37)32(22(18)36)8-16(34)35/h1-7,17-18,20H,8-9H2,(H,30,33)(H,31,38)(H,34,35)/t17-,18?,20?/m1/s1. The molecule has 1 fully saturated rings. The number of amides is 3. The van der Waals surface area contributed by atoms with E-state index in [1.807, 2.05) is 0 Å². The molecule has 3 aromatic rings. The molecule has 2 aliphatic heterocycles. The van der Waals surface area contributed by atoms with Crippen molar-refractivity contribution >= 4 is 68.4 Å². The van der Waals surface area contributed by atoms with E-state index in [1.165, 1.54) is 12.1 Å². The number of benzene rings is 2. The van der Waals surface area contributed by atoms with E-state index in [2.05, 4.69) is 26.2 Å². The van der Waals surface area contributed by atoms with Gasteiger partial charge in [0, 0.05) is 26.5 Å². The number of alkyl halides is 3. The van der Waals surface area contributed by atoms with Crippen LogP contribution < -0.4 is 14.9 Å². The number of nitrogens with one attached hydrogen (secondary N) is 2. The number of H-pyrrole nitrogens is 1. The molecule has 16 heteroatoms. The molecule has 5 rings (SSSR count). The lowest BCUT2D eigenvalue weighted by molar-refractivity contribution is -0.149. The van der Waals surface area contributed by atoms with Crippen molar-refractivity contribution in [3.05, 3.63) is 72.6 Å². The predicted octanol–water partition coefficient (Wildman–Crippen LogP) is 3.91. The molecule has 0 bridgehead atoms. The summed E-state index contributed by atoms with van der Waals surface area (Å²) in [5.41, 5.74) is -0.687. The summed E-state index contributed by atoms with van der Waals surface area (Å²) in [5.74, 6) is -5.41. The number of anilines is 1. The van der Waals surface area contributed by atoms with Gasteiger partial charge >= 0.3 is 17.0 Å². The minimum atomic E-state index is -4.60. The van der Waals surface area contributed by atoms with E-state index in [4.69, 9.17) is 4.74 Å². The predicted molar refractivity (Wildman–Crippen MR) is 144 cm³/mol. The second kappa shape index (κ2) is 11.0. The molecule has 3 N–H and O–H groups in total. The van der Waals surface area contributed by atoms with Gasteiger partial charge in [-0.3, -0.25) is 28.9 Å². The number of thiazole rings is 1. The van der Waals surface area contributed by atoms with E-state index in [0.29, 0.717) is 24.8 Å². The highest BCUT2D eigenvalue weighted by atomic mass is 79.9. The number of aliphatic carboxylic acids is 1. The number of hydrogen-bond acceptors (Lipinski definition) is 8. The first-order chi connectivity index (χ1) is 19.3. The fourth-order valence-electron chi connectivity index (χ4n) is 4.71. The number of hydrogen-bond donors (Lipinski definition) is 3. The molecule has 0 radical (unpaired) electrons. The number of aromatic nitrogens is 1. The van der Waals surface area contributed by atoms with Crippen molar-refractivity contribution in [1.29, 1.82) is 0 Å². The highest BCUT2D eigenvalue weighted by Crippen LogP contribution is 2.54. The number of nitrogens with zero attached hydrogens (tertiary/aromatic N) is 1. The van der Waals surface area contributed by atoms with Crippen molar-refractivity contribution in [2.75, 3.05) is 18.5 Å². The molecular weight excluding hydrogens is 655 g/mol. The smallest absolute Gasteiger partial charge is 0.416 e. The second-order valence-electron chi connectivity index (χ2n) is 9.00. The van der Waals surface area contributed by atoms with Gasteiger partial charge in [0.2, 0.25) is 11.8 Å². The Morgan fingerprint density at radius 2 is 1.88 bits per heavy atom. The number of aromatic amines is 1. The third-order valence-corrected chi connectivity index (χ3v) is 9.24. The van der Waals surface area contributed by atoms with Crippen molar-refractivity contribution in [1.82, 2.24) is 9.88 Å². The van der Waals surface area contributed by atoms with Gasteiger partial charge in [0.05, 0.1) is 16.5 Å². The van der Waals surface area contributed by atoms with Crippen molar-refractivity contribution < 1.29 is 42.2 Å². The highest BCUT2D eigenvalue weighted by molar-refractivity contribution is 9.10. The first kappa shape index (κ1) is 28.9. The van der Waals surface area contributed by atoms with Crippen LogP contribution in [-0.2, 0) is 25.4 Å². The zero-order valence-corrected chi connectivity index (χ0v) is 23.6. The van der Waals surface area contributed by atoms with Crippen LogP contribution in [0.3, 0.4) is 0 Å². The number of carboxylic acid groups (broad SMARTS) is 1. The van der Waals surface area contributed by atoms with Crippen molar-refractivity contribution in [3.8, 4) is 5.75 Å². The fourth-order valence-corrected chi connectivity index (χ4v) is 7.61. The highest BCUT2D eigenvalue weighted by Gasteiger charge is 2.56. The Morgan fingerprint density at radius 3 is 2.59 bits per heavy atom. The molecular formula is C25H17BrF3N3O7S2. The summed E-state index contributed by atoms with van der Waals surface area (Å²) in [6.07, 6.45) is -4.60. The first-order valence-corrected chi connectivity index (χ1v) is 14.2. The topological polar surface area (TPSA) is 146 Å². The third kappa shape index (κ3) is 5.76. The Labute approximate surface area is 245 Å². The van der Waals surface area contributed by atoms with Crippen molar-refractivity contribution in [2.24, 2.45) is 5.92 Å². The van der Waals surface area contributed by atoms with E-state index in [0.717, 1.165) is 41.3 Å². The van der Waals surface area contributed by atoms with Crippen LogP contribution >= 0.6 is 39.0 Å². The first-order valence-electron chi connectivity index (χ1n) is 11.7. The maximum absolute atomic E-state index is 13.4. The van der Waals surface area contributed by atoms with Gasteiger partial charge in [-0.05, 0) is 36.4 Å². The molecule has 2 aromatic carbocycles. The van der Waals surface area contributed by atoms with E-state index in [1.54, 1.807) is 12.1 Å². The molecule has 1 aromatic heterocycles. The molecule has 3 heterocycles. The number of carbonyl (C=O) groups excluding carboxylic acids is 3. The summed E-state index contributed by atoms with van der Waals surface area (Å²) < 4.78 is 45.4. The number of rotatable bonds is 7. The van der Waals surface area contributed by atoms with E-state index < -0.39 is 70.5 Å². The largest absolute Gasteiger partial charge is 0.483 e. The van der Waals surface area contributed by atoms with Gasteiger partial charge in [0.25, 0.3) is 5.91 Å². The number of halogens is 4. The average Bonchev–Trinajstić information content (AvgIpc) is 3.38. The van der Waals surface area contributed by atoms with E-state index in [-0.39, 0.29) is 11.4 Å². The lowest BCUT2D eigenvalue weighted by Crippen LogP contribution is -2.36. The molecule has 0 saturated carbocycles. The summed E-state index contributed by atoms with van der Waals surface area (Å²) in [6, 6.07) is 8.78. The Morgan fingerprint density at radius 1 is 1.12 bits per heavy atom. The fraction of sp³-hybridized carbons (Fsp3) is 0.240. The molecule has 41 heavy (non-hydrogen) atoms. The van der Waals surface area contributed by atoms with Crippen LogP contribution in [-0.4, -0.2) is 57.1 Å². The van der Waals surface area contributed by atoms with Crippen molar-refractivity contribution in [3.63, 3.8) is 0 Å². The quantitative estimate of drug-likeness (QED) is 0.321. The zero-order chi connectivity index (χ0) is 29.6. The molecule has 2 unspecified atom stereocenters. The third-order valence-electron chi connectivity index (χ3n) is 6.35. The van der Waals surface area contributed by atoms with Crippen LogP contribution in [0.25, 0.3) is 0 Å². The molecule has 214 valence electrons. The molecule has 0 spiro atoms. The van der Waals surface area contributed by atoms with Crippen LogP contribution in [0.1, 0.15) is 21.9 Å². The second-order valence-corrected chi connectivity index (χ2v) is 12.1. The van der Waals surface area contributed by atoms with Gasteiger partial charge in [-0.25, -0.2) is 0 Å². The molecule has 3 amide bonds. The van der Waals surface area contributed by atoms with Crippen LogP contribution in [0.2, 0.25) is 0 Å². The number of imide groups is 1. The normalized spacial score (nSPS) is 20.0. The van der Waals surface area contributed by atoms with Crippen molar-refractivity contribution in [2.45, 2.75) is 22.4 Å². The molecule has 2 aliphatic rings. The zero-order valence-electron chi connectivity index (χ0n) is 20.4. The van der Waals surface area contributed by atoms with Crippen LogP contribution in [0.4, 0.5) is 18.9 Å². The van der Waals surface area contributed by atoms with Gasteiger partial charge in [-0.1, -0.05) is 45.1 Å². The van der Waals surface area contributed by atoms with Gasteiger partial charge in [-0.15, -0.1) is 0 Å². The number of thioether (sulfide) groups is 1. The van der Waals surface area contributed by atoms with Gasteiger partial charge in [-0.2, -0.15) is 13.2 Å². The Balaban J connectivity index is 1.46. The Kier molecular flexibility index (Phi) is 7.74. The Hall–Kier alpha value is -3.63. The van der Waals surface area contributed by atoms with Gasteiger partial charge < -0.3 is 20.1 Å². The SMILES string of the molecule is O=C(O)CN1C(=O)C2Sc3[nH]c(=O)sc3[C@H](c3cc(Br)ccc3OCC(=O)Nc3cccc(C(F)(F)F)c3)C2C1=O. The summed E-state index contributed by atoms with van der Waals surface area (Å²) in [4.78, 5) is 66.0. The maximum Gasteiger partial charge on any atom is 0.416 e. The number of ether oxygens (including phenoxy) is 1. The van der Waals surface area contributed by atoms with Crippen LogP contribution in [0.5, 0.6) is 5.75 Å².